The van der Waals surface area contributed by atoms with E-state index in [0.29, 0.717) is 19.0 Å². The molecule has 0 atom stereocenters. The summed E-state index contributed by atoms with van der Waals surface area (Å²) in [6.45, 7) is 3.32. The zero-order chi connectivity index (χ0) is 21.9. The molecule has 1 aliphatic heterocycles. The Morgan fingerprint density at radius 2 is 1.73 bits per heavy atom. The summed E-state index contributed by atoms with van der Waals surface area (Å²) in [6.07, 6.45) is 8.58. The average molecular weight is 439 g/mol. The minimum absolute atomic E-state index is 0.00634. The first-order chi connectivity index (χ1) is 14.2. The quantitative estimate of drug-likeness (QED) is 0.737. The predicted molar refractivity (Wildman–Crippen MR) is 115 cm³/mol. The summed E-state index contributed by atoms with van der Waals surface area (Å²) in [5, 5.41) is 0. The molecule has 2 heterocycles. The van der Waals surface area contributed by atoms with Gasteiger partial charge in [0.2, 0.25) is 15.9 Å². The predicted octanol–water partition coefficient (Wildman–Crippen LogP) is 2.30. The normalized spacial score (nSPS) is 19.3. The number of rotatable bonds is 6. The highest BCUT2D eigenvalue weighted by Gasteiger charge is 2.29. The van der Waals surface area contributed by atoms with Gasteiger partial charge in [0.25, 0.3) is 5.91 Å². The van der Waals surface area contributed by atoms with Gasteiger partial charge in [-0.05, 0) is 37.7 Å². The third-order valence-electron chi connectivity index (χ3n) is 6.54. The smallest absolute Gasteiger partial charge is 0.270 e. The van der Waals surface area contributed by atoms with Crippen LogP contribution in [-0.4, -0.2) is 79.1 Å². The first-order valence-electron chi connectivity index (χ1n) is 10.9. The summed E-state index contributed by atoms with van der Waals surface area (Å²) in [4.78, 5) is 31.6. The van der Waals surface area contributed by atoms with Crippen molar-refractivity contribution in [2.45, 2.75) is 62.8 Å². The molecule has 1 aromatic heterocycles. The number of hydrogen-bond donors (Lipinski definition) is 1. The molecule has 1 saturated heterocycles. The van der Waals surface area contributed by atoms with Crippen LogP contribution in [0.15, 0.2) is 17.2 Å². The Hall–Kier alpha value is -1.87. The van der Waals surface area contributed by atoms with E-state index in [1.54, 1.807) is 16.8 Å². The van der Waals surface area contributed by atoms with Crippen LogP contribution in [0.2, 0.25) is 0 Å². The Bertz CT molecular complexity index is 852. The molecule has 30 heavy (non-hydrogen) atoms. The van der Waals surface area contributed by atoms with Crippen molar-refractivity contribution in [2.24, 2.45) is 5.92 Å². The second-order valence-electron chi connectivity index (χ2n) is 8.78. The Labute approximate surface area is 179 Å². The van der Waals surface area contributed by atoms with Gasteiger partial charge in [0, 0.05) is 39.4 Å². The molecule has 2 amide bonds. The van der Waals surface area contributed by atoms with Crippen LogP contribution in [0.3, 0.4) is 0 Å². The lowest BCUT2D eigenvalue weighted by molar-refractivity contribution is -0.132. The highest BCUT2D eigenvalue weighted by Crippen LogP contribution is 2.23. The largest absolute Gasteiger partial charge is 0.356 e. The van der Waals surface area contributed by atoms with Gasteiger partial charge in [-0.15, -0.1) is 0 Å². The third-order valence-corrected chi connectivity index (χ3v) is 8.32. The Morgan fingerprint density at radius 1 is 1.10 bits per heavy atom. The van der Waals surface area contributed by atoms with Gasteiger partial charge in [-0.1, -0.05) is 26.2 Å². The molecule has 1 aliphatic carbocycles. The lowest BCUT2D eigenvalue weighted by Crippen LogP contribution is -2.44. The number of nitrogens with one attached hydrogen (secondary N) is 1. The molecule has 0 radical (unpaired) electrons. The number of hydrogen-bond acceptors (Lipinski definition) is 4. The maximum Gasteiger partial charge on any atom is 0.270 e. The van der Waals surface area contributed by atoms with Crippen molar-refractivity contribution in [3.63, 3.8) is 0 Å². The maximum absolute atomic E-state index is 12.9. The number of likely N-dealkylation sites (tertiary alicyclic amines) is 1. The molecular weight excluding hydrogens is 404 g/mol. The second kappa shape index (κ2) is 9.51. The molecule has 1 aromatic rings. The van der Waals surface area contributed by atoms with E-state index in [9.17, 15) is 18.0 Å². The van der Waals surface area contributed by atoms with Crippen LogP contribution < -0.4 is 0 Å². The summed E-state index contributed by atoms with van der Waals surface area (Å²) in [5.74, 6) is 0.216. The fourth-order valence-electron chi connectivity index (χ4n) is 4.27. The standard InChI is InChI=1S/C21H34N4O4S/c1-16-9-11-25(12-10-16)21(27)19-13-18(14-22-19)30(28,29)23(2)15-20(26)24(3)17-7-5-4-6-8-17/h13-14,16-17,22H,4-12,15H2,1-3H3. The van der Waals surface area contributed by atoms with Crippen LogP contribution in [-0.2, 0) is 14.8 Å². The van der Waals surface area contributed by atoms with E-state index in [0.717, 1.165) is 42.8 Å². The van der Waals surface area contributed by atoms with E-state index in [1.807, 2.05) is 0 Å². The molecule has 3 rings (SSSR count). The maximum atomic E-state index is 12.9. The zero-order valence-electron chi connectivity index (χ0n) is 18.3. The highest BCUT2D eigenvalue weighted by atomic mass is 32.2. The van der Waals surface area contributed by atoms with Gasteiger partial charge in [-0.25, -0.2) is 8.42 Å². The summed E-state index contributed by atoms with van der Waals surface area (Å²) in [6, 6.07) is 1.56. The van der Waals surface area contributed by atoms with Crippen LogP contribution in [0.4, 0.5) is 0 Å². The van der Waals surface area contributed by atoms with E-state index in [1.165, 1.54) is 25.7 Å². The summed E-state index contributed by atoms with van der Waals surface area (Å²) in [7, 11) is -0.706. The van der Waals surface area contributed by atoms with Crippen LogP contribution in [0.5, 0.6) is 0 Å². The fourth-order valence-corrected chi connectivity index (χ4v) is 5.38. The first-order valence-corrected chi connectivity index (χ1v) is 12.3. The van der Waals surface area contributed by atoms with Gasteiger partial charge in [0.05, 0.1) is 6.54 Å². The Balaban J connectivity index is 1.63. The highest BCUT2D eigenvalue weighted by molar-refractivity contribution is 7.89. The van der Waals surface area contributed by atoms with Crippen molar-refractivity contribution in [1.82, 2.24) is 19.1 Å². The molecule has 9 heteroatoms. The monoisotopic (exact) mass is 438 g/mol. The van der Waals surface area contributed by atoms with Gasteiger partial charge in [0.15, 0.2) is 0 Å². The first kappa shape index (κ1) is 22.8. The van der Waals surface area contributed by atoms with E-state index in [-0.39, 0.29) is 35.0 Å². The van der Waals surface area contributed by atoms with E-state index < -0.39 is 10.0 Å². The van der Waals surface area contributed by atoms with Crippen molar-refractivity contribution >= 4 is 21.8 Å². The molecule has 168 valence electrons. The van der Waals surface area contributed by atoms with Crippen LogP contribution >= 0.6 is 0 Å². The number of likely N-dealkylation sites (N-methyl/N-ethyl adjacent to an activating group) is 2. The molecule has 1 N–H and O–H groups in total. The van der Waals surface area contributed by atoms with Crippen LogP contribution in [0.1, 0.15) is 62.4 Å². The van der Waals surface area contributed by atoms with Crippen molar-refractivity contribution in [3.05, 3.63) is 18.0 Å². The van der Waals surface area contributed by atoms with E-state index in [4.69, 9.17) is 0 Å². The summed E-state index contributed by atoms with van der Waals surface area (Å²) < 4.78 is 26.9. The number of amides is 2. The Kier molecular flexibility index (Phi) is 7.23. The zero-order valence-corrected chi connectivity index (χ0v) is 19.1. The number of aromatic amines is 1. The number of carbonyl (C=O) groups is 2. The molecule has 2 aliphatic rings. The SMILES string of the molecule is CC1CCN(C(=O)c2cc(S(=O)(=O)N(C)CC(=O)N(C)C3CCCCC3)c[nH]2)CC1. The van der Waals surface area contributed by atoms with Gasteiger partial charge in [0.1, 0.15) is 10.6 Å². The molecule has 0 spiro atoms. The molecule has 2 fully saturated rings. The summed E-state index contributed by atoms with van der Waals surface area (Å²) >= 11 is 0. The van der Waals surface area contributed by atoms with Gasteiger partial charge in [-0.3, -0.25) is 9.59 Å². The van der Waals surface area contributed by atoms with Gasteiger partial charge in [-0.2, -0.15) is 4.31 Å². The number of piperidine rings is 1. The number of sulfonamides is 1. The Morgan fingerprint density at radius 3 is 2.37 bits per heavy atom. The fraction of sp³-hybridized carbons (Fsp3) is 0.714. The van der Waals surface area contributed by atoms with Crippen LogP contribution in [0.25, 0.3) is 0 Å². The molecule has 0 bridgehead atoms. The molecule has 1 saturated carbocycles. The van der Waals surface area contributed by atoms with Crippen molar-refractivity contribution < 1.29 is 18.0 Å². The second-order valence-corrected chi connectivity index (χ2v) is 10.8. The lowest BCUT2D eigenvalue weighted by Gasteiger charge is -2.32. The number of nitrogens with zero attached hydrogens (tertiary/aromatic N) is 3. The minimum atomic E-state index is -3.87. The average Bonchev–Trinajstić information content (AvgIpc) is 3.25. The molecule has 8 nitrogen and oxygen atoms in total. The number of carbonyl (C=O) groups excluding carboxylic acids is 2. The molecule has 0 aromatic carbocycles. The van der Waals surface area contributed by atoms with E-state index >= 15 is 0 Å². The van der Waals surface area contributed by atoms with Gasteiger partial charge < -0.3 is 14.8 Å². The summed E-state index contributed by atoms with van der Waals surface area (Å²) in [5.41, 5.74) is 0.266. The molecular formula is C21H34N4O4S. The minimum Gasteiger partial charge on any atom is -0.356 e. The van der Waals surface area contributed by atoms with Crippen molar-refractivity contribution in [2.75, 3.05) is 33.7 Å². The number of H-pyrrole nitrogens is 1. The van der Waals surface area contributed by atoms with Crippen LogP contribution in [0, 0.1) is 5.92 Å². The topological polar surface area (TPSA) is 93.8 Å². The number of aromatic nitrogens is 1. The van der Waals surface area contributed by atoms with E-state index in [2.05, 4.69) is 11.9 Å². The third kappa shape index (κ3) is 5.06. The molecule has 0 unspecified atom stereocenters. The van der Waals surface area contributed by atoms with Crippen molar-refractivity contribution in [1.29, 1.82) is 0 Å². The van der Waals surface area contributed by atoms with Gasteiger partial charge >= 0.3 is 0 Å². The lowest BCUT2D eigenvalue weighted by atomic mass is 9.94. The van der Waals surface area contributed by atoms with Crippen molar-refractivity contribution in [3.8, 4) is 0 Å².